The minimum atomic E-state index is -4.18. The van der Waals surface area contributed by atoms with Crippen LogP contribution in [-0.2, 0) is 37.3 Å². The summed E-state index contributed by atoms with van der Waals surface area (Å²) in [5.41, 5.74) is 1.54. The molecule has 0 bridgehead atoms. The molecule has 2 saturated heterocycles. The zero-order valence-electron chi connectivity index (χ0n) is 27.6. The van der Waals surface area contributed by atoms with Crippen LogP contribution >= 0.6 is 0 Å². The summed E-state index contributed by atoms with van der Waals surface area (Å²) in [4.78, 5) is 23.6. The number of sulfonamides is 1. The average molecular weight is 698 g/mol. The third-order valence-corrected chi connectivity index (χ3v) is 10.8. The number of rotatable bonds is 16. The van der Waals surface area contributed by atoms with E-state index < -0.39 is 45.6 Å². The van der Waals surface area contributed by atoms with E-state index in [-0.39, 0.29) is 48.5 Å². The first-order valence-corrected chi connectivity index (χ1v) is 17.9. The van der Waals surface area contributed by atoms with E-state index in [9.17, 15) is 28.4 Å². The van der Waals surface area contributed by atoms with Crippen molar-refractivity contribution >= 4 is 21.8 Å². The Balaban J connectivity index is 1.33. The van der Waals surface area contributed by atoms with Crippen LogP contribution in [0.4, 0.5) is 10.5 Å². The van der Waals surface area contributed by atoms with E-state index in [2.05, 4.69) is 5.32 Å². The predicted molar refractivity (Wildman–Crippen MR) is 179 cm³/mol. The van der Waals surface area contributed by atoms with Gasteiger partial charge in [-0.05, 0) is 54.2 Å². The van der Waals surface area contributed by atoms with Gasteiger partial charge >= 0.3 is 6.09 Å². The molecule has 2 fully saturated rings. The third kappa shape index (κ3) is 9.55. The molecule has 264 valence electrons. The minimum absolute atomic E-state index is 0.0660. The van der Waals surface area contributed by atoms with Crippen LogP contribution in [0.1, 0.15) is 37.8 Å². The van der Waals surface area contributed by atoms with Gasteiger partial charge in [-0.25, -0.2) is 13.2 Å². The van der Waals surface area contributed by atoms with E-state index in [1.807, 2.05) is 56.3 Å². The number of hydrogen-bond donors (Lipinski definition) is 2. The van der Waals surface area contributed by atoms with E-state index in [1.165, 1.54) is 16.4 Å². The fourth-order valence-corrected chi connectivity index (χ4v) is 7.42. The van der Waals surface area contributed by atoms with Gasteiger partial charge in [0.25, 0.3) is 5.69 Å². The molecule has 0 aliphatic carbocycles. The van der Waals surface area contributed by atoms with Gasteiger partial charge in [0.1, 0.15) is 18.5 Å². The van der Waals surface area contributed by atoms with Crippen molar-refractivity contribution in [2.75, 3.05) is 26.3 Å². The second-order valence-corrected chi connectivity index (χ2v) is 14.4. The molecular weight excluding hydrogens is 654 g/mol. The van der Waals surface area contributed by atoms with Crippen molar-refractivity contribution in [1.82, 2.24) is 9.62 Å². The molecule has 49 heavy (non-hydrogen) atoms. The minimum Gasteiger partial charge on any atom is -0.489 e. The SMILES string of the molecule is CC[C@H](C)CN(C[C@@H](O)[C@H](Cc1ccc(OCc2ccccc2)cc1)NC(=O)O[C@H]1CO[C@H]2OCC[C@H]21)S(=O)(=O)c1ccc([N+](=O)[O-])cc1. The highest BCUT2D eigenvalue weighted by Gasteiger charge is 2.44. The maximum Gasteiger partial charge on any atom is 0.407 e. The van der Waals surface area contributed by atoms with Gasteiger partial charge in [0.2, 0.25) is 10.0 Å². The fraction of sp³-hybridized carbons (Fsp3) is 0.457. The Morgan fingerprint density at radius 2 is 1.76 bits per heavy atom. The first kappa shape index (κ1) is 36.2. The Morgan fingerprint density at radius 3 is 2.43 bits per heavy atom. The number of amides is 1. The second kappa shape index (κ2) is 16.5. The molecule has 0 spiro atoms. The number of nitro benzene ring substituents is 1. The monoisotopic (exact) mass is 697 g/mol. The lowest BCUT2D eigenvalue weighted by Gasteiger charge is -2.31. The van der Waals surface area contributed by atoms with Crippen LogP contribution in [0.25, 0.3) is 0 Å². The predicted octanol–water partition coefficient (Wildman–Crippen LogP) is 4.67. The van der Waals surface area contributed by atoms with Crippen molar-refractivity contribution in [1.29, 1.82) is 0 Å². The normalized spacial score (nSPS) is 20.7. The Hall–Kier alpha value is -4.08. The maximum atomic E-state index is 13.8. The number of aliphatic hydroxyl groups excluding tert-OH is 1. The largest absolute Gasteiger partial charge is 0.489 e. The number of fused-ring (bicyclic) bond motifs is 1. The lowest BCUT2D eigenvalue weighted by Crippen LogP contribution is -2.51. The zero-order chi connectivity index (χ0) is 35.0. The first-order chi connectivity index (χ1) is 23.5. The Labute approximate surface area is 286 Å². The van der Waals surface area contributed by atoms with Crippen LogP contribution in [0.5, 0.6) is 5.75 Å². The second-order valence-electron chi connectivity index (χ2n) is 12.5. The third-order valence-electron chi connectivity index (χ3n) is 8.93. The maximum absolute atomic E-state index is 13.8. The van der Waals surface area contributed by atoms with E-state index in [0.717, 1.165) is 23.3 Å². The number of aliphatic hydroxyl groups is 1. The Kier molecular flexibility index (Phi) is 12.2. The highest BCUT2D eigenvalue weighted by Crippen LogP contribution is 2.33. The van der Waals surface area contributed by atoms with Crippen LogP contribution in [0.3, 0.4) is 0 Å². The molecule has 6 atom stereocenters. The van der Waals surface area contributed by atoms with Gasteiger partial charge in [-0.15, -0.1) is 0 Å². The van der Waals surface area contributed by atoms with Gasteiger partial charge in [-0.1, -0.05) is 62.7 Å². The van der Waals surface area contributed by atoms with E-state index >= 15 is 0 Å². The molecule has 1 amide bonds. The summed E-state index contributed by atoms with van der Waals surface area (Å²) in [6.45, 7) is 4.65. The van der Waals surface area contributed by atoms with Crippen LogP contribution < -0.4 is 10.1 Å². The van der Waals surface area contributed by atoms with Crippen molar-refractivity contribution < 1.29 is 42.2 Å². The molecule has 2 heterocycles. The number of carbonyl (C=O) groups is 1. The molecule has 3 aromatic carbocycles. The molecule has 2 aliphatic rings. The standard InChI is InChI=1S/C35H43N3O10S/c1-3-24(2)20-37(49(43,44)29-15-11-27(12-16-29)38(41)42)21-32(39)31(36-35(40)48-33-23-47-34-30(33)17-18-45-34)19-25-9-13-28(14-10-25)46-22-26-7-5-4-6-8-26/h4-16,24,30-34,39H,3,17-23H2,1-2H3,(H,36,40)/t24-,30-,31-,32+,33-,34+/m0/s1. The molecule has 0 aromatic heterocycles. The van der Waals surface area contributed by atoms with Crippen LogP contribution in [0, 0.1) is 22.0 Å². The van der Waals surface area contributed by atoms with Crippen LogP contribution in [-0.4, -0.2) is 79.7 Å². The van der Waals surface area contributed by atoms with Gasteiger partial charge < -0.3 is 29.4 Å². The highest BCUT2D eigenvalue weighted by molar-refractivity contribution is 7.89. The molecule has 5 rings (SSSR count). The molecule has 13 nitrogen and oxygen atoms in total. The van der Waals surface area contributed by atoms with E-state index in [0.29, 0.717) is 31.8 Å². The average Bonchev–Trinajstić information content (AvgIpc) is 3.73. The van der Waals surface area contributed by atoms with Crippen molar-refractivity contribution in [2.24, 2.45) is 11.8 Å². The number of benzene rings is 3. The molecule has 0 saturated carbocycles. The van der Waals surface area contributed by atoms with Crippen LogP contribution in [0.2, 0.25) is 0 Å². The van der Waals surface area contributed by atoms with Crippen molar-refractivity contribution in [3.05, 3.63) is 100 Å². The number of carbonyl (C=O) groups excluding carboxylic acids is 1. The zero-order valence-corrected chi connectivity index (χ0v) is 28.4. The number of ether oxygens (including phenoxy) is 4. The summed E-state index contributed by atoms with van der Waals surface area (Å²) in [7, 11) is -4.18. The number of alkyl carbamates (subject to hydrolysis) is 1. The number of nitrogens with one attached hydrogen (secondary N) is 1. The smallest absolute Gasteiger partial charge is 0.407 e. The van der Waals surface area contributed by atoms with Crippen molar-refractivity contribution in [3.63, 3.8) is 0 Å². The summed E-state index contributed by atoms with van der Waals surface area (Å²) in [6, 6.07) is 20.7. The Morgan fingerprint density at radius 1 is 1.04 bits per heavy atom. The number of hydrogen-bond acceptors (Lipinski definition) is 10. The number of non-ortho nitro benzene ring substituents is 1. The van der Waals surface area contributed by atoms with Gasteiger partial charge in [0, 0.05) is 25.2 Å². The lowest BCUT2D eigenvalue weighted by molar-refractivity contribution is -0.384. The van der Waals surface area contributed by atoms with Gasteiger partial charge in [-0.3, -0.25) is 10.1 Å². The molecular formula is C35H43N3O10S. The Bertz CT molecular complexity index is 1640. The number of nitrogens with zero attached hydrogens (tertiary/aromatic N) is 2. The van der Waals surface area contributed by atoms with E-state index in [1.54, 1.807) is 12.1 Å². The molecule has 2 aliphatic heterocycles. The molecule has 0 unspecified atom stereocenters. The lowest BCUT2D eigenvalue weighted by atomic mass is 10.0. The van der Waals surface area contributed by atoms with Crippen molar-refractivity contribution in [3.8, 4) is 5.75 Å². The van der Waals surface area contributed by atoms with Gasteiger partial charge in [0.15, 0.2) is 6.29 Å². The summed E-state index contributed by atoms with van der Waals surface area (Å²) in [6.07, 6.45) is -1.54. The number of nitro groups is 1. The molecule has 14 heteroatoms. The fourth-order valence-electron chi connectivity index (χ4n) is 5.84. The molecule has 0 radical (unpaired) electrons. The topological polar surface area (TPSA) is 167 Å². The highest BCUT2D eigenvalue weighted by atomic mass is 32.2. The first-order valence-electron chi connectivity index (χ1n) is 16.4. The summed E-state index contributed by atoms with van der Waals surface area (Å²) in [5, 5.41) is 25.6. The quantitative estimate of drug-likeness (QED) is 0.159. The van der Waals surface area contributed by atoms with Crippen LogP contribution in [0.15, 0.2) is 83.8 Å². The van der Waals surface area contributed by atoms with Gasteiger partial charge in [0.05, 0.1) is 41.1 Å². The summed E-state index contributed by atoms with van der Waals surface area (Å²) < 4.78 is 51.6. The van der Waals surface area contributed by atoms with Gasteiger partial charge in [-0.2, -0.15) is 4.31 Å². The summed E-state index contributed by atoms with van der Waals surface area (Å²) in [5.74, 6) is 0.486. The van der Waals surface area contributed by atoms with Crippen molar-refractivity contribution in [2.45, 2.75) is 69.2 Å². The van der Waals surface area contributed by atoms with E-state index in [4.69, 9.17) is 18.9 Å². The summed E-state index contributed by atoms with van der Waals surface area (Å²) >= 11 is 0. The molecule has 2 N–H and O–H groups in total. The molecule has 3 aromatic rings.